The highest BCUT2D eigenvalue weighted by Crippen LogP contribution is 2.29. The zero-order valence-electron chi connectivity index (χ0n) is 12.1. The predicted octanol–water partition coefficient (Wildman–Crippen LogP) is -1.35. The van der Waals surface area contributed by atoms with Gasteiger partial charge in [0.25, 0.3) is 0 Å². The maximum Gasteiger partial charge on any atom is 0.350 e. The van der Waals surface area contributed by atoms with Gasteiger partial charge in [-0.1, -0.05) is 5.06 Å². The third-order valence-electron chi connectivity index (χ3n) is 2.96. The van der Waals surface area contributed by atoms with Crippen LogP contribution >= 0.6 is 0 Å². The van der Waals surface area contributed by atoms with Gasteiger partial charge in [-0.2, -0.15) is 0 Å². The summed E-state index contributed by atoms with van der Waals surface area (Å²) in [5.74, 6) is -4.41. The molecule has 0 saturated carbocycles. The van der Waals surface area contributed by atoms with E-state index in [0.717, 1.165) is 17.2 Å². The fourth-order valence-corrected chi connectivity index (χ4v) is 2.03. The van der Waals surface area contributed by atoms with Crippen molar-refractivity contribution in [2.24, 2.45) is 0 Å². The van der Waals surface area contributed by atoms with E-state index in [1.807, 2.05) is 0 Å². The molecule has 2 aliphatic rings. The SMILES string of the molecule is O=C(O)/C=C\C(=O)OC1COC2C1OCN2OC(=O)/C=C\C(=O)O. The molecule has 0 bridgehead atoms. The molecule has 3 unspecified atom stereocenters. The lowest BCUT2D eigenvalue weighted by Crippen LogP contribution is -2.37. The van der Waals surface area contributed by atoms with Crippen LogP contribution in [0.4, 0.5) is 0 Å². The molecule has 2 saturated heterocycles. The molecule has 2 N–H and O–H groups in total. The standard InChI is InChI=1S/C13H13NO10/c15-8(16)1-3-10(19)23-7-5-21-13-12(7)22-6-14(13)24-11(20)4-2-9(17)18/h1-4,7,12-13H,5-6H2,(H,15,16)(H,17,18)/b3-1-,4-2-. The molecular weight excluding hydrogens is 330 g/mol. The zero-order chi connectivity index (χ0) is 17.7. The summed E-state index contributed by atoms with van der Waals surface area (Å²) < 4.78 is 15.7. The highest BCUT2D eigenvalue weighted by molar-refractivity contribution is 5.91. The number of nitrogens with zero attached hydrogens (tertiary/aromatic N) is 1. The second-order valence-corrected chi connectivity index (χ2v) is 4.63. The summed E-state index contributed by atoms with van der Waals surface area (Å²) in [7, 11) is 0. The Balaban J connectivity index is 1.87. The number of ether oxygens (including phenoxy) is 3. The molecule has 24 heavy (non-hydrogen) atoms. The number of carboxylic acid groups (broad SMARTS) is 2. The van der Waals surface area contributed by atoms with Crippen molar-refractivity contribution in [3.8, 4) is 0 Å². The Labute approximate surface area is 134 Å². The second-order valence-electron chi connectivity index (χ2n) is 4.63. The summed E-state index contributed by atoms with van der Waals surface area (Å²) in [5, 5.41) is 17.9. The number of esters is 1. The van der Waals surface area contributed by atoms with Crippen molar-refractivity contribution in [3.63, 3.8) is 0 Å². The lowest BCUT2D eigenvalue weighted by Gasteiger charge is -2.18. The Hall–Kier alpha value is -2.76. The van der Waals surface area contributed by atoms with Crippen molar-refractivity contribution in [2.75, 3.05) is 13.3 Å². The first kappa shape index (κ1) is 17.6. The van der Waals surface area contributed by atoms with Gasteiger partial charge in [-0.3, -0.25) is 0 Å². The van der Waals surface area contributed by atoms with Crippen molar-refractivity contribution in [1.29, 1.82) is 0 Å². The van der Waals surface area contributed by atoms with Crippen LogP contribution in [-0.4, -0.2) is 70.9 Å². The van der Waals surface area contributed by atoms with Crippen molar-refractivity contribution < 1.29 is 48.4 Å². The Morgan fingerprint density at radius 1 is 0.958 bits per heavy atom. The molecule has 0 aromatic heterocycles. The van der Waals surface area contributed by atoms with Crippen LogP contribution in [0.3, 0.4) is 0 Å². The van der Waals surface area contributed by atoms with Crippen LogP contribution in [0, 0.1) is 0 Å². The Bertz CT molecular complexity index is 546. The number of hydroxylamine groups is 2. The summed E-state index contributed by atoms with van der Waals surface area (Å²) in [5.41, 5.74) is 0. The van der Waals surface area contributed by atoms with Gasteiger partial charge in [0.05, 0.1) is 6.61 Å². The molecule has 11 nitrogen and oxygen atoms in total. The molecule has 2 aliphatic heterocycles. The molecule has 0 aromatic rings. The normalized spacial score (nSPS) is 26.6. The topological polar surface area (TPSA) is 149 Å². The smallest absolute Gasteiger partial charge is 0.350 e. The van der Waals surface area contributed by atoms with Crippen molar-refractivity contribution >= 4 is 23.9 Å². The first-order chi connectivity index (χ1) is 11.4. The lowest BCUT2D eigenvalue weighted by molar-refractivity contribution is -0.223. The molecule has 0 spiro atoms. The monoisotopic (exact) mass is 343 g/mol. The van der Waals surface area contributed by atoms with Crippen molar-refractivity contribution in [3.05, 3.63) is 24.3 Å². The average Bonchev–Trinajstić information content (AvgIpc) is 3.07. The molecule has 2 heterocycles. The van der Waals surface area contributed by atoms with Crippen LogP contribution in [0.15, 0.2) is 24.3 Å². The fourth-order valence-electron chi connectivity index (χ4n) is 2.03. The minimum atomic E-state index is -1.30. The van der Waals surface area contributed by atoms with Crippen molar-refractivity contribution in [2.45, 2.75) is 18.4 Å². The number of carbonyl (C=O) groups is 4. The lowest BCUT2D eigenvalue weighted by atomic mass is 10.2. The van der Waals surface area contributed by atoms with E-state index in [4.69, 9.17) is 29.3 Å². The molecule has 0 amide bonds. The molecule has 0 radical (unpaired) electrons. The third kappa shape index (κ3) is 4.62. The molecule has 0 aliphatic carbocycles. The number of carboxylic acids is 2. The molecule has 0 aromatic carbocycles. The Morgan fingerprint density at radius 3 is 2.21 bits per heavy atom. The number of aliphatic carboxylic acids is 2. The van der Waals surface area contributed by atoms with E-state index in [1.54, 1.807) is 0 Å². The number of hydrogen-bond acceptors (Lipinski definition) is 9. The molecule has 3 atom stereocenters. The van der Waals surface area contributed by atoms with E-state index in [-0.39, 0.29) is 13.3 Å². The second kappa shape index (κ2) is 7.68. The van der Waals surface area contributed by atoms with Gasteiger partial charge in [0.2, 0.25) is 0 Å². The number of fused-ring (bicyclic) bond motifs is 1. The first-order valence-electron chi connectivity index (χ1n) is 6.61. The van der Waals surface area contributed by atoms with E-state index in [2.05, 4.69) is 0 Å². The first-order valence-corrected chi connectivity index (χ1v) is 6.61. The van der Waals surface area contributed by atoms with Crippen LogP contribution in [0.2, 0.25) is 0 Å². The van der Waals surface area contributed by atoms with Gasteiger partial charge in [-0.15, -0.1) is 0 Å². The Morgan fingerprint density at radius 2 is 1.58 bits per heavy atom. The zero-order valence-corrected chi connectivity index (χ0v) is 12.1. The van der Waals surface area contributed by atoms with Crippen molar-refractivity contribution in [1.82, 2.24) is 5.06 Å². The molecule has 2 rings (SSSR count). The van der Waals surface area contributed by atoms with Gasteiger partial charge in [0.1, 0.15) is 12.8 Å². The molecule has 11 heteroatoms. The van der Waals surface area contributed by atoms with E-state index in [0.29, 0.717) is 12.2 Å². The van der Waals surface area contributed by atoms with Crippen LogP contribution in [0.1, 0.15) is 0 Å². The van der Waals surface area contributed by atoms with E-state index in [9.17, 15) is 19.2 Å². The van der Waals surface area contributed by atoms with Gasteiger partial charge in [0, 0.05) is 24.3 Å². The summed E-state index contributed by atoms with van der Waals surface area (Å²) in [4.78, 5) is 48.4. The van der Waals surface area contributed by atoms with E-state index >= 15 is 0 Å². The van der Waals surface area contributed by atoms with Gasteiger partial charge in [-0.25, -0.2) is 19.2 Å². The maximum absolute atomic E-state index is 11.5. The molecule has 130 valence electrons. The number of rotatable bonds is 6. The van der Waals surface area contributed by atoms with Crippen LogP contribution in [-0.2, 0) is 38.2 Å². The summed E-state index contributed by atoms with van der Waals surface area (Å²) >= 11 is 0. The predicted molar refractivity (Wildman–Crippen MR) is 70.8 cm³/mol. The highest BCUT2D eigenvalue weighted by Gasteiger charge is 2.50. The van der Waals surface area contributed by atoms with Gasteiger partial charge >= 0.3 is 23.9 Å². The highest BCUT2D eigenvalue weighted by atomic mass is 16.8. The molecule has 2 fully saturated rings. The van der Waals surface area contributed by atoms with Gasteiger partial charge in [0.15, 0.2) is 12.3 Å². The van der Waals surface area contributed by atoms with Crippen LogP contribution < -0.4 is 0 Å². The largest absolute Gasteiger partial charge is 0.478 e. The Kier molecular flexibility index (Phi) is 5.63. The minimum Gasteiger partial charge on any atom is -0.478 e. The number of carbonyl (C=O) groups excluding carboxylic acids is 2. The molecular formula is C13H13NO10. The third-order valence-corrected chi connectivity index (χ3v) is 2.96. The maximum atomic E-state index is 11.5. The minimum absolute atomic E-state index is 0.0407. The summed E-state index contributed by atoms with van der Waals surface area (Å²) in [6.07, 6.45) is 0.355. The van der Waals surface area contributed by atoms with Crippen LogP contribution in [0.25, 0.3) is 0 Å². The van der Waals surface area contributed by atoms with Crippen LogP contribution in [0.5, 0.6) is 0 Å². The average molecular weight is 343 g/mol. The van der Waals surface area contributed by atoms with E-state index in [1.165, 1.54) is 0 Å². The summed E-state index contributed by atoms with van der Waals surface area (Å²) in [6.45, 7) is -0.206. The van der Waals surface area contributed by atoms with Gasteiger partial charge < -0.3 is 29.3 Å². The quantitative estimate of drug-likeness (QED) is 0.435. The van der Waals surface area contributed by atoms with Gasteiger partial charge in [-0.05, 0) is 0 Å². The number of hydrogen-bond donors (Lipinski definition) is 2. The summed E-state index contributed by atoms with van der Waals surface area (Å²) in [6, 6.07) is 0. The fraction of sp³-hybridized carbons (Fsp3) is 0.385. The van der Waals surface area contributed by atoms with E-state index < -0.39 is 42.3 Å².